The van der Waals surface area contributed by atoms with E-state index in [0.717, 1.165) is 0 Å². The predicted molar refractivity (Wildman–Crippen MR) is 90.0 cm³/mol. The van der Waals surface area contributed by atoms with Crippen LogP contribution in [-0.2, 0) is 15.9 Å². The highest BCUT2D eigenvalue weighted by Gasteiger charge is 2.64. The third-order valence-corrected chi connectivity index (χ3v) is 6.01. The van der Waals surface area contributed by atoms with Crippen LogP contribution in [0.3, 0.4) is 0 Å². The third kappa shape index (κ3) is 1.75. The first-order valence-corrected chi connectivity index (χ1v) is 8.29. The zero-order chi connectivity index (χ0) is 18.3. The molecule has 1 aromatic heterocycles. The summed E-state index contributed by atoms with van der Waals surface area (Å²) in [6, 6.07) is 5.22. The lowest BCUT2D eigenvalue weighted by Crippen LogP contribution is -2.32. The molecule has 0 aliphatic carbocycles. The molecule has 130 valence electrons. The topological polar surface area (TPSA) is 98.6 Å². The molecule has 2 aromatic rings. The van der Waals surface area contributed by atoms with Crippen molar-refractivity contribution >= 4 is 11.6 Å². The first-order chi connectivity index (χ1) is 11.7. The van der Waals surface area contributed by atoms with Gasteiger partial charge < -0.3 is 20.1 Å². The van der Waals surface area contributed by atoms with Crippen molar-refractivity contribution in [1.82, 2.24) is 4.57 Å². The molecule has 0 radical (unpaired) electrons. The van der Waals surface area contributed by atoms with Crippen LogP contribution in [0.25, 0.3) is 5.69 Å². The number of nitrogens with zero attached hydrogens (tertiary/aromatic N) is 2. The molecule has 7 heteroatoms. The van der Waals surface area contributed by atoms with E-state index < -0.39 is 17.3 Å². The lowest BCUT2D eigenvalue weighted by Gasteiger charge is -2.25. The number of aromatic nitrogens is 1. The molecule has 2 aliphatic heterocycles. The van der Waals surface area contributed by atoms with E-state index in [9.17, 15) is 15.3 Å². The van der Waals surface area contributed by atoms with E-state index in [2.05, 4.69) is 6.07 Å². The van der Waals surface area contributed by atoms with Gasteiger partial charge in [-0.3, -0.25) is 0 Å². The van der Waals surface area contributed by atoms with Crippen LogP contribution in [0.4, 0.5) is 0 Å². The number of halogens is 1. The van der Waals surface area contributed by atoms with Crippen LogP contribution in [0.2, 0.25) is 5.02 Å². The summed E-state index contributed by atoms with van der Waals surface area (Å²) in [5, 5.41) is 41.4. The SMILES string of the molecule is Cc1c(C#N)ccc(-n2c(O)c3c(c2O)[C@@]2(C)O[C@]3(C)C[C@@H]2O)c1Cl. The standard InChI is InChI=1S/C18H17ClN2O4/c1-8-9(7-20)4-5-10(14(8)19)21-15(23)12-13(16(21)24)18(3)11(22)6-17(12,2)25-18/h4-5,11,22-24H,6H2,1-3H3/t11-,17+,18-/m0/s1. The number of rotatable bonds is 1. The summed E-state index contributed by atoms with van der Waals surface area (Å²) in [5.41, 5.74) is 0.218. The molecule has 3 atom stereocenters. The van der Waals surface area contributed by atoms with Gasteiger partial charge >= 0.3 is 0 Å². The minimum absolute atomic E-state index is 0.170. The van der Waals surface area contributed by atoms with Crippen LogP contribution in [0.5, 0.6) is 11.8 Å². The Hall–Kier alpha value is -2.20. The Kier molecular flexibility index (Phi) is 3.06. The molecule has 25 heavy (non-hydrogen) atoms. The fourth-order valence-corrected chi connectivity index (χ4v) is 4.47. The van der Waals surface area contributed by atoms with Gasteiger partial charge in [0.1, 0.15) is 5.60 Å². The number of benzene rings is 1. The Balaban J connectivity index is 2.02. The molecule has 1 saturated heterocycles. The number of aliphatic hydroxyl groups is 1. The largest absolute Gasteiger partial charge is 0.494 e. The first-order valence-electron chi connectivity index (χ1n) is 7.91. The smallest absolute Gasteiger partial charge is 0.205 e. The van der Waals surface area contributed by atoms with Crippen molar-refractivity contribution in [1.29, 1.82) is 5.26 Å². The Labute approximate surface area is 149 Å². The summed E-state index contributed by atoms with van der Waals surface area (Å²) in [7, 11) is 0. The van der Waals surface area contributed by atoms with E-state index in [4.69, 9.17) is 21.6 Å². The summed E-state index contributed by atoms with van der Waals surface area (Å²) in [5.74, 6) is -0.389. The van der Waals surface area contributed by atoms with Crippen LogP contribution in [0, 0.1) is 18.3 Å². The van der Waals surface area contributed by atoms with Gasteiger partial charge in [-0.25, -0.2) is 4.57 Å². The maximum atomic E-state index is 10.8. The highest BCUT2D eigenvalue weighted by Crippen LogP contribution is 2.64. The van der Waals surface area contributed by atoms with E-state index >= 15 is 0 Å². The Morgan fingerprint density at radius 2 is 1.92 bits per heavy atom. The highest BCUT2D eigenvalue weighted by molar-refractivity contribution is 6.33. The van der Waals surface area contributed by atoms with Crippen molar-refractivity contribution in [2.24, 2.45) is 0 Å². The fraction of sp³-hybridized carbons (Fsp3) is 0.389. The molecule has 3 heterocycles. The third-order valence-electron chi connectivity index (χ3n) is 5.53. The Morgan fingerprint density at radius 3 is 2.56 bits per heavy atom. The molecule has 4 rings (SSSR count). The van der Waals surface area contributed by atoms with Gasteiger partial charge in [-0.1, -0.05) is 11.6 Å². The molecule has 1 fully saturated rings. The van der Waals surface area contributed by atoms with Crippen molar-refractivity contribution in [2.75, 3.05) is 0 Å². The van der Waals surface area contributed by atoms with Crippen molar-refractivity contribution < 1.29 is 20.1 Å². The summed E-state index contributed by atoms with van der Waals surface area (Å²) in [4.78, 5) is 0. The second kappa shape index (κ2) is 4.70. The van der Waals surface area contributed by atoms with Crippen LogP contribution in [0.15, 0.2) is 12.1 Å². The lowest BCUT2D eigenvalue weighted by atomic mass is 9.78. The number of nitriles is 1. The molecule has 0 saturated carbocycles. The summed E-state index contributed by atoms with van der Waals surface area (Å²) in [6.45, 7) is 5.18. The molecule has 2 aliphatic rings. The normalized spacial score (nSPS) is 29.7. The van der Waals surface area contributed by atoms with Crippen molar-refractivity contribution in [3.63, 3.8) is 0 Å². The number of fused-ring (bicyclic) bond motifs is 5. The molecule has 6 nitrogen and oxygen atoms in total. The number of aromatic hydroxyl groups is 2. The second-order valence-corrected chi connectivity index (χ2v) is 7.45. The number of aliphatic hydroxyl groups excluding tert-OH is 1. The van der Waals surface area contributed by atoms with Crippen LogP contribution < -0.4 is 0 Å². The minimum Gasteiger partial charge on any atom is -0.494 e. The molecule has 0 spiro atoms. The van der Waals surface area contributed by atoms with Gasteiger partial charge in [0.15, 0.2) is 0 Å². The van der Waals surface area contributed by atoms with Gasteiger partial charge in [0.25, 0.3) is 0 Å². The van der Waals surface area contributed by atoms with Crippen molar-refractivity contribution in [3.8, 4) is 23.5 Å². The number of ether oxygens (including phenoxy) is 1. The average Bonchev–Trinajstić information content (AvgIpc) is 3.05. The quantitative estimate of drug-likeness (QED) is 0.726. The minimum atomic E-state index is -1.09. The number of hydrogen-bond donors (Lipinski definition) is 3. The predicted octanol–water partition coefficient (Wildman–Crippen LogP) is 2.95. The summed E-state index contributed by atoms with van der Waals surface area (Å²) < 4.78 is 7.20. The zero-order valence-corrected chi connectivity index (χ0v) is 14.7. The van der Waals surface area contributed by atoms with E-state index in [1.54, 1.807) is 32.9 Å². The number of hydrogen-bond acceptors (Lipinski definition) is 5. The Bertz CT molecular complexity index is 977. The summed E-state index contributed by atoms with van der Waals surface area (Å²) in [6.07, 6.45) is -0.461. The van der Waals surface area contributed by atoms with E-state index in [1.807, 2.05) is 0 Å². The summed E-state index contributed by atoms with van der Waals surface area (Å²) >= 11 is 6.39. The monoisotopic (exact) mass is 360 g/mol. The van der Waals surface area contributed by atoms with E-state index in [1.165, 1.54) is 4.57 Å². The molecule has 1 aromatic carbocycles. The lowest BCUT2D eigenvalue weighted by molar-refractivity contribution is -0.0936. The molecular formula is C18H17ClN2O4. The highest BCUT2D eigenvalue weighted by atomic mass is 35.5. The molecule has 3 N–H and O–H groups in total. The van der Waals surface area contributed by atoms with Crippen molar-refractivity contribution in [2.45, 2.75) is 44.5 Å². The van der Waals surface area contributed by atoms with Gasteiger partial charge in [0.05, 0.1) is 45.2 Å². The van der Waals surface area contributed by atoms with Crippen LogP contribution >= 0.6 is 11.6 Å². The van der Waals surface area contributed by atoms with Gasteiger partial charge in [-0.05, 0) is 38.5 Å². The maximum absolute atomic E-state index is 10.8. The van der Waals surface area contributed by atoms with Gasteiger partial charge in [-0.2, -0.15) is 5.26 Å². The van der Waals surface area contributed by atoms with E-state index in [0.29, 0.717) is 34.4 Å². The van der Waals surface area contributed by atoms with Gasteiger partial charge in [0, 0.05) is 6.42 Å². The molecular weight excluding hydrogens is 344 g/mol. The van der Waals surface area contributed by atoms with Gasteiger partial charge in [-0.15, -0.1) is 0 Å². The van der Waals surface area contributed by atoms with Crippen LogP contribution in [-0.4, -0.2) is 26.0 Å². The van der Waals surface area contributed by atoms with Crippen molar-refractivity contribution in [3.05, 3.63) is 39.4 Å². The van der Waals surface area contributed by atoms with Gasteiger partial charge in [0.2, 0.25) is 11.8 Å². The fourth-order valence-electron chi connectivity index (χ4n) is 4.22. The Morgan fingerprint density at radius 1 is 1.28 bits per heavy atom. The first kappa shape index (κ1) is 16.3. The average molecular weight is 361 g/mol. The van der Waals surface area contributed by atoms with Crippen LogP contribution in [0.1, 0.15) is 42.5 Å². The molecule has 0 unspecified atom stereocenters. The van der Waals surface area contributed by atoms with E-state index in [-0.39, 0.29) is 16.8 Å². The maximum Gasteiger partial charge on any atom is 0.205 e. The molecule has 2 bridgehead atoms. The zero-order valence-electron chi connectivity index (χ0n) is 14.0. The second-order valence-electron chi connectivity index (χ2n) is 7.08. The molecule has 0 amide bonds.